The van der Waals surface area contributed by atoms with Crippen LogP contribution in [0.3, 0.4) is 0 Å². The molecular formula is C23H23F4N5O3. The number of benzene rings is 2. The highest BCUT2D eigenvalue weighted by atomic mass is 19.4. The number of hydrogen-bond donors (Lipinski definition) is 3. The van der Waals surface area contributed by atoms with E-state index in [1.165, 1.54) is 31.2 Å². The quantitative estimate of drug-likeness (QED) is 0.418. The predicted octanol–water partition coefficient (Wildman–Crippen LogP) is 2.78. The van der Waals surface area contributed by atoms with E-state index >= 15 is 0 Å². The number of rotatable bonds is 8. The van der Waals surface area contributed by atoms with Crippen LogP contribution in [0.15, 0.2) is 60.8 Å². The van der Waals surface area contributed by atoms with E-state index in [1.807, 2.05) is 5.32 Å². The first kappa shape index (κ1) is 25.7. The van der Waals surface area contributed by atoms with Crippen LogP contribution in [-0.2, 0) is 0 Å². The number of likely N-dealkylation sites (N-methyl/N-ethyl adjacent to an activating group) is 1. The third-order valence-electron chi connectivity index (χ3n) is 5.33. The number of nitrogens with one attached hydrogen (secondary N) is 1. The molecule has 0 unspecified atom stereocenters. The fourth-order valence-corrected chi connectivity index (χ4v) is 3.29. The molecule has 0 radical (unpaired) electrons. The van der Waals surface area contributed by atoms with Crippen LogP contribution in [0.25, 0.3) is 5.69 Å². The maximum Gasteiger partial charge on any atom is 0.420 e. The topological polar surface area (TPSA) is 113 Å². The zero-order valence-corrected chi connectivity index (χ0v) is 18.6. The molecule has 1 heterocycles. The Morgan fingerprint density at radius 3 is 2.31 bits per heavy atom. The average molecular weight is 493 g/mol. The van der Waals surface area contributed by atoms with Crippen molar-refractivity contribution in [2.75, 3.05) is 25.4 Å². The summed E-state index contributed by atoms with van der Waals surface area (Å²) in [6.07, 6.45) is -4.13. The van der Waals surface area contributed by atoms with E-state index in [1.54, 1.807) is 18.2 Å². The van der Waals surface area contributed by atoms with Crippen molar-refractivity contribution in [3.8, 4) is 5.69 Å². The second kappa shape index (κ2) is 10.1. The van der Waals surface area contributed by atoms with Gasteiger partial charge >= 0.3 is 6.18 Å². The molecule has 0 saturated heterocycles. The molecule has 186 valence electrons. The number of amides is 2. The monoisotopic (exact) mass is 493 g/mol. The van der Waals surface area contributed by atoms with Gasteiger partial charge in [0.05, 0.1) is 25.0 Å². The van der Waals surface area contributed by atoms with Crippen molar-refractivity contribution in [2.24, 2.45) is 0 Å². The largest absolute Gasteiger partial charge is 0.420 e. The summed E-state index contributed by atoms with van der Waals surface area (Å²) in [7, 11) is 0. The van der Waals surface area contributed by atoms with Crippen LogP contribution in [-0.4, -0.2) is 63.0 Å². The Morgan fingerprint density at radius 1 is 1.11 bits per heavy atom. The molecule has 0 aliphatic carbocycles. The van der Waals surface area contributed by atoms with Crippen LogP contribution in [0.4, 0.5) is 23.4 Å². The van der Waals surface area contributed by atoms with E-state index < -0.39 is 42.5 Å². The summed E-state index contributed by atoms with van der Waals surface area (Å²) in [5.41, 5.74) is 2.71. The Hall–Kier alpha value is -3.93. The van der Waals surface area contributed by atoms with Crippen LogP contribution in [0.5, 0.6) is 0 Å². The van der Waals surface area contributed by atoms with Gasteiger partial charge in [-0.05, 0) is 43.3 Å². The standard InChI is InChI=1S/C23H23F4N5O3/c1-2-31(21(34)15-6-4-3-5-7-15)14-22(35,23(25,26)27)13-29-20(33)18-12-30-32(19(18)28)17-10-8-16(24)9-11-17/h3-12,35H,2,13-14,28H2,1H3,(H,29,33)/t22-/m0/s1. The number of aliphatic hydroxyl groups is 1. The number of carbonyl (C=O) groups is 2. The molecule has 0 aliphatic heterocycles. The molecule has 0 bridgehead atoms. The fraction of sp³-hybridized carbons (Fsp3) is 0.261. The first-order valence-electron chi connectivity index (χ1n) is 10.5. The van der Waals surface area contributed by atoms with Gasteiger partial charge in [-0.25, -0.2) is 9.07 Å². The molecule has 1 atom stereocenters. The molecule has 2 amide bonds. The zero-order valence-electron chi connectivity index (χ0n) is 18.6. The molecule has 0 saturated carbocycles. The number of hydrogen-bond acceptors (Lipinski definition) is 5. The van der Waals surface area contributed by atoms with Gasteiger partial charge in [0, 0.05) is 12.1 Å². The highest BCUT2D eigenvalue weighted by Gasteiger charge is 2.55. The molecule has 3 rings (SSSR count). The van der Waals surface area contributed by atoms with Gasteiger partial charge < -0.3 is 21.1 Å². The number of halogens is 4. The van der Waals surface area contributed by atoms with E-state index in [-0.39, 0.29) is 23.5 Å². The lowest BCUT2D eigenvalue weighted by Crippen LogP contribution is -2.60. The van der Waals surface area contributed by atoms with Crippen molar-refractivity contribution in [1.29, 1.82) is 0 Å². The number of anilines is 1. The van der Waals surface area contributed by atoms with Gasteiger partial charge in [-0.1, -0.05) is 18.2 Å². The Morgan fingerprint density at radius 2 is 1.74 bits per heavy atom. The normalized spacial score (nSPS) is 13.2. The number of aromatic nitrogens is 2. The van der Waals surface area contributed by atoms with Gasteiger partial charge in [0.15, 0.2) is 5.60 Å². The molecule has 35 heavy (non-hydrogen) atoms. The Bertz CT molecular complexity index is 1180. The van der Waals surface area contributed by atoms with Gasteiger partial charge in [0.1, 0.15) is 17.2 Å². The molecule has 2 aromatic carbocycles. The maximum atomic E-state index is 13.8. The molecule has 0 spiro atoms. The highest BCUT2D eigenvalue weighted by Crippen LogP contribution is 2.31. The predicted molar refractivity (Wildman–Crippen MR) is 119 cm³/mol. The maximum absolute atomic E-state index is 13.8. The van der Waals surface area contributed by atoms with E-state index in [9.17, 15) is 32.3 Å². The van der Waals surface area contributed by atoms with Crippen LogP contribution in [0.2, 0.25) is 0 Å². The molecule has 0 fully saturated rings. The molecular weight excluding hydrogens is 470 g/mol. The van der Waals surface area contributed by atoms with Crippen molar-refractivity contribution in [3.05, 3.63) is 77.7 Å². The molecule has 3 aromatic rings. The van der Waals surface area contributed by atoms with Gasteiger partial charge in [-0.3, -0.25) is 9.59 Å². The highest BCUT2D eigenvalue weighted by molar-refractivity contribution is 5.98. The Labute approximate surface area is 198 Å². The summed E-state index contributed by atoms with van der Waals surface area (Å²) in [5.74, 6) is -2.42. The lowest BCUT2D eigenvalue weighted by molar-refractivity contribution is -0.259. The van der Waals surface area contributed by atoms with Crippen molar-refractivity contribution in [3.63, 3.8) is 0 Å². The van der Waals surface area contributed by atoms with Crippen molar-refractivity contribution in [2.45, 2.75) is 18.7 Å². The van der Waals surface area contributed by atoms with Gasteiger partial charge in [-0.2, -0.15) is 18.3 Å². The van der Waals surface area contributed by atoms with E-state index in [4.69, 9.17) is 5.73 Å². The van der Waals surface area contributed by atoms with Crippen LogP contribution in [0.1, 0.15) is 27.6 Å². The Balaban J connectivity index is 1.77. The lowest BCUT2D eigenvalue weighted by Gasteiger charge is -2.35. The molecule has 4 N–H and O–H groups in total. The minimum absolute atomic E-state index is 0.114. The van der Waals surface area contributed by atoms with Crippen molar-refractivity contribution in [1.82, 2.24) is 20.0 Å². The summed E-state index contributed by atoms with van der Waals surface area (Å²) in [4.78, 5) is 26.1. The van der Waals surface area contributed by atoms with Crippen LogP contribution >= 0.6 is 0 Å². The first-order valence-corrected chi connectivity index (χ1v) is 10.5. The van der Waals surface area contributed by atoms with Crippen molar-refractivity contribution < 1.29 is 32.3 Å². The first-order chi connectivity index (χ1) is 16.5. The number of nitrogens with two attached hydrogens (primary N) is 1. The summed E-state index contributed by atoms with van der Waals surface area (Å²) >= 11 is 0. The second-order valence-corrected chi connectivity index (χ2v) is 7.73. The third-order valence-corrected chi connectivity index (χ3v) is 5.33. The SMILES string of the molecule is CCN(C[C@@](O)(CNC(=O)c1cnn(-c2ccc(F)cc2)c1N)C(F)(F)F)C(=O)c1ccccc1. The lowest BCUT2D eigenvalue weighted by atomic mass is 10.0. The molecule has 0 aliphatic rings. The molecule has 8 nitrogen and oxygen atoms in total. The summed E-state index contributed by atoms with van der Waals surface area (Å²) < 4.78 is 55.8. The number of nitrogens with zero attached hydrogens (tertiary/aromatic N) is 3. The van der Waals surface area contributed by atoms with E-state index in [0.29, 0.717) is 5.69 Å². The fourth-order valence-electron chi connectivity index (χ4n) is 3.29. The minimum Gasteiger partial charge on any atom is -0.383 e. The van der Waals surface area contributed by atoms with Gasteiger partial charge in [0.25, 0.3) is 11.8 Å². The third kappa shape index (κ3) is 5.60. The number of carbonyl (C=O) groups excluding carboxylic acids is 2. The van der Waals surface area contributed by atoms with Crippen molar-refractivity contribution >= 4 is 17.6 Å². The number of nitrogen functional groups attached to an aromatic ring is 1. The molecule has 12 heteroatoms. The smallest absolute Gasteiger partial charge is 0.383 e. The second-order valence-electron chi connectivity index (χ2n) is 7.73. The minimum atomic E-state index is -5.17. The number of alkyl halides is 3. The van der Waals surface area contributed by atoms with Crippen LogP contribution < -0.4 is 11.1 Å². The zero-order chi connectivity index (χ0) is 25.8. The summed E-state index contributed by atoms with van der Waals surface area (Å²) in [5, 5.41) is 16.4. The van der Waals surface area contributed by atoms with E-state index in [0.717, 1.165) is 27.9 Å². The summed E-state index contributed by atoms with van der Waals surface area (Å²) in [6, 6.07) is 12.7. The average Bonchev–Trinajstić information content (AvgIpc) is 3.22. The van der Waals surface area contributed by atoms with Gasteiger partial charge in [-0.15, -0.1) is 0 Å². The van der Waals surface area contributed by atoms with Crippen LogP contribution in [0, 0.1) is 5.82 Å². The summed E-state index contributed by atoms with van der Waals surface area (Å²) in [6.45, 7) is -0.987. The van der Waals surface area contributed by atoms with Gasteiger partial charge in [0.2, 0.25) is 0 Å². The van der Waals surface area contributed by atoms with E-state index in [2.05, 4.69) is 5.10 Å². The Kier molecular flexibility index (Phi) is 7.44. The molecule has 1 aromatic heterocycles.